The smallest absolute Gasteiger partial charge is 0.199 e. The van der Waals surface area contributed by atoms with Crippen molar-refractivity contribution in [1.29, 1.82) is 0 Å². The zero-order valence-corrected chi connectivity index (χ0v) is 26.8. The molecule has 3 heteroatoms. The lowest BCUT2D eigenvalue weighted by molar-refractivity contribution is -0.519. The largest absolute Gasteiger partial charge is 0.384 e. The summed E-state index contributed by atoms with van der Waals surface area (Å²) in [5, 5.41) is 6.54. The van der Waals surface area contributed by atoms with Crippen LogP contribution in [0.15, 0.2) is 90.5 Å². The third kappa shape index (κ3) is 6.09. The lowest BCUT2D eigenvalue weighted by Crippen LogP contribution is -2.23. The molecular formula is C40H50N3+. The summed E-state index contributed by atoms with van der Waals surface area (Å²) >= 11 is 0. The Morgan fingerprint density at radius 2 is 1.56 bits per heavy atom. The Labute approximate surface area is 259 Å². The summed E-state index contributed by atoms with van der Waals surface area (Å²) in [4.78, 5) is 2.47. The maximum absolute atomic E-state index is 3.91. The number of fused-ring (bicyclic) bond motifs is 3. The minimum absolute atomic E-state index is 0.831. The Balaban J connectivity index is 1.41. The van der Waals surface area contributed by atoms with Crippen LogP contribution in [0.3, 0.4) is 0 Å². The van der Waals surface area contributed by atoms with Crippen molar-refractivity contribution >= 4 is 33.4 Å². The normalized spacial score (nSPS) is 20.7. The van der Waals surface area contributed by atoms with Crippen LogP contribution in [0.25, 0.3) is 16.3 Å². The molecule has 3 nitrogen and oxygen atoms in total. The molecule has 2 fully saturated rings. The van der Waals surface area contributed by atoms with E-state index in [1.54, 1.807) is 0 Å². The minimum atomic E-state index is 0.831. The van der Waals surface area contributed by atoms with Gasteiger partial charge in [0.25, 0.3) is 0 Å². The van der Waals surface area contributed by atoms with Gasteiger partial charge in [0.2, 0.25) is 0 Å². The first kappa shape index (κ1) is 29.5. The molecule has 3 aliphatic rings. The standard InChI is InChI=1S/C40H49N3/c1-5-25-43(8-4)35-21-17-31(18-22-35)40(30-15-19-34(20-16-30)42(6-2)7-3)38-23-24-39(37-12-10-9-11-36(37)38)41-28-33-27-29-13-14-32(33)26-29/h9-12,15-24,29,32-33H,5-8,13-14,25-28H2,1-4H3/p+1. The average Bonchev–Trinajstić information content (AvgIpc) is 3.69. The highest BCUT2D eigenvalue weighted by molar-refractivity contribution is 6.07. The molecule has 0 spiro atoms. The molecule has 224 valence electrons. The van der Waals surface area contributed by atoms with Crippen molar-refractivity contribution in [2.24, 2.45) is 17.8 Å². The van der Waals surface area contributed by atoms with E-state index in [1.807, 2.05) is 0 Å². The van der Waals surface area contributed by atoms with Crippen LogP contribution < -0.4 is 10.2 Å². The van der Waals surface area contributed by atoms with Gasteiger partial charge < -0.3 is 10.2 Å². The summed E-state index contributed by atoms with van der Waals surface area (Å²) in [6, 6.07) is 23.0. The van der Waals surface area contributed by atoms with E-state index in [-0.39, 0.29) is 0 Å². The van der Waals surface area contributed by atoms with Crippen molar-refractivity contribution in [2.45, 2.75) is 59.8 Å². The fraction of sp³-hybridized carbons (Fsp3) is 0.425. The van der Waals surface area contributed by atoms with E-state index in [9.17, 15) is 0 Å². The maximum atomic E-state index is 3.91. The predicted octanol–water partition coefficient (Wildman–Crippen LogP) is 9.35. The molecule has 0 amide bonds. The summed E-state index contributed by atoms with van der Waals surface area (Å²) in [5.41, 5.74) is 8.97. The molecule has 3 aliphatic carbocycles. The van der Waals surface area contributed by atoms with Gasteiger partial charge in [-0.15, -0.1) is 0 Å². The van der Waals surface area contributed by atoms with Crippen LogP contribution in [0.4, 0.5) is 11.4 Å². The van der Waals surface area contributed by atoms with Crippen LogP contribution >= 0.6 is 0 Å². The quantitative estimate of drug-likeness (QED) is 0.231. The van der Waals surface area contributed by atoms with Crippen molar-refractivity contribution in [3.05, 3.63) is 102 Å². The third-order valence-electron chi connectivity index (χ3n) is 10.3. The van der Waals surface area contributed by atoms with E-state index in [4.69, 9.17) is 0 Å². The lowest BCUT2D eigenvalue weighted by Gasteiger charge is -2.24. The number of allylic oxidation sites excluding steroid dienone is 5. The Bertz CT molecular complexity index is 1530. The number of anilines is 2. The Hall–Kier alpha value is -3.59. The Morgan fingerprint density at radius 1 is 0.814 bits per heavy atom. The van der Waals surface area contributed by atoms with Crippen molar-refractivity contribution in [3.63, 3.8) is 0 Å². The van der Waals surface area contributed by atoms with Crippen LogP contribution in [-0.2, 0) is 0 Å². The van der Waals surface area contributed by atoms with E-state index < -0.39 is 0 Å². The highest BCUT2D eigenvalue weighted by atomic mass is 15.1. The molecule has 0 aromatic heterocycles. The van der Waals surface area contributed by atoms with Crippen molar-refractivity contribution in [2.75, 3.05) is 42.9 Å². The van der Waals surface area contributed by atoms with Crippen molar-refractivity contribution in [1.82, 2.24) is 0 Å². The molecule has 1 N–H and O–H groups in total. The zero-order valence-electron chi connectivity index (χ0n) is 26.8. The minimum Gasteiger partial charge on any atom is -0.384 e. The average molecular weight is 573 g/mol. The van der Waals surface area contributed by atoms with E-state index in [0.717, 1.165) is 56.9 Å². The van der Waals surface area contributed by atoms with Crippen molar-refractivity contribution < 1.29 is 4.58 Å². The molecule has 0 saturated heterocycles. The molecule has 3 atom stereocenters. The van der Waals surface area contributed by atoms with E-state index in [1.165, 1.54) is 75.8 Å². The van der Waals surface area contributed by atoms with Crippen LogP contribution in [0.2, 0.25) is 0 Å². The monoisotopic (exact) mass is 572 g/mol. The maximum Gasteiger partial charge on any atom is 0.199 e. The van der Waals surface area contributed by atoms with Crippen molar-refractivity contribution in [3.8, 4) is 0 Å². The number of nitrogens with one attached hydrogen (secondary N) is 1. The van der Waals surface area contributed by atoms with Gasteiger partial charge in [0.05, 0.1) is 0 Å². The van der Waals surface area contributed by atoms with E-state index >= 15 is 0 Å². The summed E-state index contributed by atoms with van der Waals surface area (Å²) in [6.45, 7) is 14.2. The molecule has 3 aromatic carbocycles. The molecule has 0 aliphatic heterocycles. The fourth-order valence-electron chi connectivity index (χ4n) is 8.02. The number of rotatable bonds is 11. The zero-order chi connectivity index (χ0) is 29.8. The summed E-state index contributed by atoms with van der Waals surface area (Å²) in [7, 11) is 0. The number of hydrogen-bond acceptors (Lipinski definition) is 2. The second kappa shape index (κ2) is 13.4. The second-order valence-electron chi connectivity index (χ2n) is 12.7. The van der Waals surface area contributed by atoms with Gasteiger partial charge in [0.1, 0.15) is 13.1 Å². The summed E-state index contributed by atoms with van der Waals surface area (Å²) in [5.74, 6) is 2.75. The fourth-order valence-corrected chi connectivity index (χ4v) is 8.02. The summed E-state index contributed by atoms with van der Waals surface area (Å²) < 4.78 is 2.41. The molecule has 0 radical (unpaired) electrons. The highest BCUT2D eigenvalue weighted by Crippen LogP contribution is 2.48. The molecule has 6 rings (SSSR count). The predicted molar refractivity (Wildman–Crippen MR) is 187 cm³/mol. The van der Waals surface area contributed by atoms with Gasteiger partial charge in [-0.2, -0.15) is 0 Å². The van der Waals surface area contributed by atoms with Gasteiger partial charge in [-0.05, 0) is 122 Å². The number of hydrogen-bond donors (Lipinski definition) is 1. The van der Waals surface area contributed by atoms with Crippen LogP contribution in [0, 0.1) is 17.8 Å². The first-order chi connectivity index (χ1) is 21.1. The topological polar surface area (TPSA) is 18.3 Å². The first-order valence-electron chi connectivity index (χ1n) is 17.0. The number of benzene rings is 3. The van der Waals surface area contributed by atoms with Gasteiger partial charge in [-0.3, -0.25) is 0 Å². The molecular weight excluding hydrogens is 522 g/mol. The van der Waals surface area contributed by atoms with E-state index in [0.29, 0.717) is 0 Å². The second-order valence-corrected chi connectivity index (χ2v) is 12.7. The van der Waals surface area contributed by atoms with Gasteiger partial charge in [-0.25, -0.2) is 4.58 Å². The van der Waals surface area contributed by atoms with Gasteiger partial charge in [-0.1, -0.05) is 55.8 Å². The molecule has 43 heavy (non-hydrogen) atoms. The van der Waals surface area contributed by atoms with E-state index in [2.05, 4.69) is 127 Å². The summed E-state index contributed by atoms with van der Waals surface area (Å²) in [6.07, 6.45) is 16.2. The van der Waals surface area contributed by atoms with Crippen LogP contribution in [-0.4, -0.2) is 43.0 Å². The Morgan fingerprint density at radius 3 is 2.19 bits per heavy atom. The lowest BCUT2D eigenvalue weighted by atomic mass is 9.87. The third-order valence-corrected chi connectivity index (χ3v) is 10.3. The SMILES string of the molecule is CCCN(CC)c1ccc(C(=C2C=CC(=[N+](CC)CC)C=C2)c2ccc(NCC3CC4CCC3C4)c3ccccc23)cc1. The van der Waals surface area contributed by atoms with Gasteiger partial charge >= 0.3 is 0 Å². The highest BCUT2D eigenvalue weighted by Gasteiger charge is 2.39. The van der Waals surface area contributed by atoms with Crippen LogP contribution in [0.5, 0.6) is 0 Å². The molecule has 3 unspecified atom stereocenters. The Kier molecular flexibility index (Phi) is 9.17. The number of nitrogens with zero attached hydrogens (tertiary/aromatic N) is 2. The van der Waals surface area contributed by atoms with Crippen LogP contribution in [0.1, 0.15) is 70.9 Å². The van der Waals surface area contributed by atoms with Gasteiger partial charge in [0.15, 0.2) is 5.71 Å². The van der Waals surface area contributed by atoms with Gasteiger partial charge in [0, 0.05) is 48.5 Å². The molecule has 2 saturated carbocycles. The molecule has 2 bridgehead atoms. The molecule has 0 heterocycles. The molecule has 3 aromatic rings. The first-order valence-corrected chi connectivity index (χ1v) is 17.0.